The molecule has 0 bridgehead atoms. The largest absolute Gasteiger partial charge is 0.397 e. The van der Waals surface area contributed by atoms with Crippen LogP contribution in [0, 0.1) is 4.91 Å². The molecule has 0 fully saturated rings. The Morgan fingerprint density at radius 2 is 1.92 bits per heavy atom. The summed E-state index contributed by atoms with van der Waals surface area (Å²) in [6, 6.07) is 0. The van der Waals surface area contributed by atoms with Gasteiger partial charge in [0, 0.05) is 0 Å². The average molecular weight is 199 g/mol. The van der Waals surface area contributed by atoms with Gasteiger partial charge in [-0.05, 0) is 0 Å². The third-order valence-corrected chi connectivity index (χ3v) is 1.25. The van der Waals surface area contributed by atoms with Crippen molar-refractivity contribution < 1.29 is 21.9 Å². The van der Waals surface area contributed by atoms with Crippen molar-refractivity contribution in [3.05, 3.63) is 4.91 Å². The molecule has 72 valence electrons. The second kappa shape index (κ2) is 6.00. The third-order valence-electron chi connectivity index (χ3n) is 0.787. The van der Waals surface area contributed by atoms with Crippen molar-refractivity contribution in [2.75, 3.05) is 26.4 Å². The number of hydrogen-bond acceptors (Lipinski definition) is 6. The highest BCUT2D eigenvalue weighted by Crippen LogP contribution is 1.85. The number of nitrogens with zero attached hydrogens (tertiary/aromatic N) is 1. The smallest absolute Gasteiger partial charge is 0.377 e. The Labute approximate surface area is 69.6 Å². The predicted molar refractivity (Wildman–Crippen MR) is 39.0 cm³/mol. The van der Waals surface area contributed by atoms with Crippen LogP contribution in [0.25, 0.3) is 0 Å². The highest BCUT2D eigenvalue weighted by molar-refractivity contribution is 7.80. The molecule has 0 aromatic rings. The molecule has 0 aromatic heterocycles. The van der Waals surface area contributed by atoms with Crippen molar-refractivity contribution in [2.45, 2.75) is 0 Å². The van der Waals surface area contributed by atoms with Crippen LogP contribution in [0.5, 0.6) is 0 Å². The summed E-state index contributed by atoms with van der Waals surface area (Å²) in [6.45, 7) is -0.183. The van der Waals surface area contributed by atoms with Crippen LogP contribution in [-0.2, 0) is 19.3 Å². The Morgan fingerprint density at radius 3 is 2.42 bits per heavy atom. The average Bonchev–Trinajstić information content (AvgIpc) is 1.94. The molecule has 0 heterocycles. The summed E-state index contributed by atoms with van der Waals surface area (Å²) >= 11 is 0. The first-order valence-corrected chi connectivity index (χ1v) is 4.41. The van der Waals surface area contributed by atoms with E-state index in [2.05, 4.69) is 14.1 Å². The minimum atomic E-state index is -4.38. The highest BCUT2D eigenvalue weighted by Gasteiger charge is 2.02. The van der Waals surface area contributed by atoms with Gasteiger partial charge in [-0.25, -0.2) is 4.18 Å². The normalized spacial score (nSPS) is 11.4. The first-order valence-electron chi connectivity index (χ1n) is 3.05. The second-order valence-electron chi connectivity index (χ2n) is 1.71. The third kappa shape index (κ3) is 9.43. The lowest BCUT2D eigenvalue weighted by molar-refractivity contribution is 0.103. The maximum absolute atomic E-state index is 9.93. The van der Waals surface area contributed by atoms with E-state index in [1.54, 1.807) is 0 Å². The van der Waals surface area contributed by atoms with Gasteiger partial charge >= 0.3 is 10.4 Å². The molecular formula is C4H9NO6S. The van der Waals surface area contributed by atoms with Gasteiger partial charge in [0.2, 0.25) is 0 Å². The molecule has 0 unspecified atom stereocenters. The van der Waals surface area contributed by atoms with Gasteiger partial charge in [-0.15, -0.1) is 0 Å². The molecule has 0 aliphatic heterocycles. The van der Waals surface area contributed by atoms with Crippen molar-refractivity contribution in [2.24, 2.45) is 5.18 Å². The van der Waals surface area contributed by atoms with Crippen molar-refractivity contribution in [1.82, 2.24) is 0 Å². The van der Waals surface area contributed by atoms with Crippen LogP contribution in [0.3, 0.4) is 0 Å². The van der Waals surface area contributed by atoms with E-state index in [4.69, 9.17) is 4.55 Å². The molecule has 0 spiro atoms. The highest BCUT2D eigenvalue weighted by atomic mass is 32.3. The van der Waals surface area contributed by atoms with Crippen LogP contribution in [0.1, 0.15) is 0 Å². The Hall–Kier alpha value is -0.570. The SMILES string of the molecule is O=NCCOCCOS(=O)(=O)O. The molecule has 8 heteroatoms. The lowest BCUT2D eigenvalue weighted by Crippen LogP contribution is -2.11. The van der Waals surface area contributed by atoms with Crippen LogP contribution in [0.2, 0.25) is 0 Å². The summed E-state index contributed by atoms with van der Waals surface area (Å²) in [6.07, 6.45) is 0. The predicted octanol–water partition coefficient (Wildman–Crippen LogP) is -0.411. The maximum Gasteiger partial charge on any atom is 0.397 e. The molecule has 0 saturated heterocycles. The first kappa shape index (κ1) is 11.4. The summed E-state index contributed by atoms with van der Waals surface area (Å²) in [5.41, 5.74) is 0. The van der Waals surface area contributed by atoms with E-state index in [1.807, 2.05) is 0 Å². The Morgan fingerprint density at radius 1 is 1.25 bits per heavy atom. The topological polar surface area (TPSA) is 102 Å². The number of ether oxygens (including phenoxy) is 1. The van der Waals surface area contributed by atoms with Gasteiger partial charge in [0.1, 0.15) is 6.54 Å². The summed E-state index contributed by atoms with van der Waals surface area (Å²) < 4.78 is 36.5. The fraction of sp³-hybridized carbons (Fsp3) is 1.00. The van der Waals surface area contributed by atoms with Gasteiger partial charge in [-0.2, -0.15) is 13.3 Å². The van der Waals surface area contributed by atoms with Crippen molar-refractivity contribution in [3.8, 4) is 0 Å². The molecule has 0 saturated carbocycles. The van der Waals surface area contributed by atoms with Crippen LogP contribution in [0.15, 0.2) is 5.18 Å². The zero-order valence-electron chi connectivity index (χ0n) is 6.17. The van der Waals surface area contributed by atoms with Gasteiger partial charge in [0.05, 0.1) is 19.8 Å². The van der Waals surface area contributed by atoms with Gasteiger partial charge < -0.3 is 4.74 Å². The van der Waals surface area contributed by atoms with E-state index >= 15 is 0 Å². The minimum absolute atomic E-state index is 0.00583. The maximum atomic E-state index is 9.93. The molecule has 0 amide bonds. The standard InChI is InChI=1S/C4H9NO6S/c6-5-1-2-10-3-4-11-12(7,8)9/h1-4H2,(H,7,8,9). The fourth-order valence-corrected chi connectivity index (χ4v) is 0.681. The summed E-state index contributed by atoms with van der Waals surface area (Å²) in [4.78, 5) is 9.50. The molecular weight excluding hydrogens is 190 g/mol. The monoisotopic (exact) mass is 199 g/mol. The summed E-state index contributed by atoms with van der Waals surface area (Å²) in [7, 11) is -4.38. The van der Waals surface area contributed by atoms with Crippen molar-refractivity contribution >= 4 is 10.4 Å². The van der Waals surface area contributed by atoms with E-state index in [-0.39, 0.29) is 26.4 Å². The quantitative estimate of drug-likeness (QED) is 0.339. The number of rotatable bonds is 7. The van der Waals surface area contributed by atoms with E-state index in [9.17, 15) is 13.3 Å². The lowest BCUT2D eigenvalue weighted by Gasteiger charge is -1.99. The zero-order valence-corrected chi connectivity index (χ0v) is 6.99. The minimum Gasteiger partial charge on any atom is -0.377 e. The van der Waals surface area contributed by atoms with Crippen LogP contribution in [-0.4, -0.2) is 39.3 Å². The van der Waals surface area contributed by atoms with Gasteiger partial charge in [-0.3, -0.25) is 4.55 Å². The molecule has 0 aliphatic carbocycles. The Balaban J connectivity index is 3.17. The fourth-order valence-electron chi connectivity index (χ4n) is 0.402. The summed E-state index contributed by atoms with van der Waals surface area (Å²) in [5.74, 6) is 0. The van der Waals surface area contributed by atoms with Gasteiger partial charge in [-0.1, -0.05) is 5.18 Å². The summed E-state index contributed by atoms with van der Waals surface area (Å²) in [5, 5.41) is 2.50. The van der Waals surface area contributed by atoms with Crippen LogP contribution < -0.4 is 0 Å². The number of nitroso groups, excluding NO2 is 1. The molecule has 12 heavy (non-hydrogen) atoms. The molecule has 7 nitrogen and oxygen atoms in total. The molecule has 0 aliphatic rings. The van der Waals surface area contributed by atoms with Crippen molar-refractivity contribution in [1.29, 1.82) is 0 Å². The first-order chi connectivity index (χ1) is 5.56. The molecule has 1 N–H and O–H groups in total. The molecule has 0 rings (SSSR count). The molecule has 0 radical (unpaired) electrons. The zero-order chi connectivity index (χ0) is 9.45. The Bertz CT molecular complexity index is 212. The Kier molecular flexibility index (Phi) is 5.72. The van der Waals surface area contributed by atoms with Crippen molar-refractivity contribution in [3.63, 3.8) is 0 Å². The number of hydrogen-bond donors (Lipinski definition) is 1. The van der Waals surface area contributed by atoms with E-state index in [0.717, 1.165) is 0 Å². The molecule has 0 aromatic carbocycles. The van der Waals surface area contributed by atoms with E-state index in [0.29, 0.717) is 0 Å². The van der Waals surface area contributed by atoms with Gasteiger partial charge in [0.25, 0.3) is 0 Å². The van der Waals surface area contributed by atoms with Gasteiger partial charge in [0.15, 0.2) is 0 Å². The van der Waals surface area contributed by atoms with E-state index < -0.39 is 10.4 Å². The second-order valence-corrected chi connectivity index (χ2v) is 2.81. The van der Waals surface area contributed by atoms with Crippen LogP contribution in [0.4, 0.5) is 0 Å². The molecule has 0 atom stereocenters. The van der Waals surface area contributed by atoms with E-state index in [1.165, 1.54) is 0 Å². The lowest BCUT2D eigenvalue weighted by atomic mass is 10.7. The van der Waals surface area contributed by atoms with Crippen LogP contribution >= 0.6 is 0 Å².